The predicted molar refractivity (Wildman–Crippen MR) is 63.8 cm³/mol. The summed E-state index contributed by atoms with van der Waals surface area (Å²) >= 11 is 0. The molecular weight excluding hydrogens is 220 g/mol. The summed E-state index contributed by atoms with van der Waals surface area (Å²) < 4.78 is 10.1. The molecule has 1 aromatic heterocycles. The van der Waals surface area contributed by atoms with Gasteiger partial charge in [-0.15, -0.1) is 0 Å². The Morgan fingerprint density at radius 3 is 2.71 bits per heavy atom. The monoisotopic (exact) mass is 238 g/mol. The van der Waals surface area contributed by atoms with Crippen molar-refractivity contribution in [3.05, 3.63) is 23.9 Å². The van der Waals surface area contributed by atoms with Gasteiger partial charge in [-0.05, 0) is 19.9 Å². The third-order valence-corrected chi connectivity index (χ3v) is 2.18. The van der Waals surface area contributed by atoms with E-state index in [1.165, 1.54) is 7.11 Å². The van der Waals surface area contributed by atoms with E-state index in [0.29, 0.717) is 11.6 Å². The third-order valence-electron chi connectivity index (χ3n) is 2.18. The Labute approximate surface area is 101 Å². The highest BCUT2D eigenvalue weighted by atomic mass is 16.5. The van der Waals surface area contributed by atoms with Gasteiger partial charge in [0.2, 0.25) is 5.88 Å². The number of carbonyl (C=O) groups excluding carboxylic acids is 1. The maximum absolute atomic E-state index is 11.5. The standard InChI is InChI=1S/C12H18N2O3/c1-8(2)17-11-6-4-5-10(14-11)9(7-13)12(15)16-3/h4-6,8-9H,7,13H2,1-3H3. The van der Waals surface area contributed by atoms with Crippen molar-refractivity contribution in [2.45, 2.75) is 25.9 Å². The molecule has 1 rings (SSSR count). The largest absolute Gasteiger partial charge is 0.475 e. The summed E-state index contributed by atoms with van der Waals surface area (Å²) in [6.45, 7) is 3.98. The first-order valence-electron chi connectivity index (χ1n) is 5.50. The van der Waals surface area contributed by atoms with Gasteiger partial charge < -0.3 is 15.2 Å². The lowest BCUT2D eigenvalue weighted by atomic mass is 10.1. The minimum Gasteiger partial charge on any atom is -0.475 e. The molecule has 1 atom stereocenters. The highest BCUT2D eigenvalue weighted by Gasteiger charge is 2.21. The topological polar surface area (TPSA) is 74.4 Å². The number of methoxy groups -OCH3 is 1. The van der Waals surface area contributed by atoms with E-state index in [9.17, 15) is 4.79 Å². The first kappa shape index (κ1) is 13.4. The van der Waals surface area contributed by atoms with E-state index in [-0.39, 0.29) is 18.6 Å². The van der Waals surface area contributed by atoms with E-state index in [1.54, 1.807) is 18.2 Å². The van der Waals surface area contributed by atoms with Crippen LogP contribution in [0.4, 0.5) is 0 Å². The summed E-state index contributed by atoms with van der Waals surface area (Å²) in [7, 11) is 1.33. The summed E-state index contributed by atoms with van der Waals surface area (Å²) in [4.78, 5) is 15.7. The van der Waals surface area contributed by atoms with Crippen LogP contribution >= 0.6 is 0 Å². The summed E-state index contributed by atoms with van der Waals surface area (Å²) in [6, 6.07) is 5.27. The molecule has 1 unspecified atom stereocenters. The van der Waals surface area contributed by atoms with E-state index in [1.807, 2.05) is 13.8 Å². The summed E-state index contributed by atoms with van der Waals surface area (Å²) in [5.41, 5.74) is 6.12. The van der Waals surface area contributed by atoms with E-state index in [0.717, 1.165) is 0 Å². The maximum Gasteiger partial charge on any atom is 0.316 e. The normalized spacial score (nSPS) is 12.3. The van der Waals surface area contributed by atoms with Crippen molar-refractivity contribution in [1.82, 2.24) is 4.98 Å². The lowest BCUT2D eigenvalue weighted by Crippen LogP contribution is -2.24. The number of rotatable bonds is 5. The molecule has 1 aromatic rings. The number of esters is 1. The quantitative estimate of drug-likeness (QED) is 0.777. The van der Waals surface area contributed by atoms with Gasteiger partial charge in [-0.3, -0.25) is 4.79 Å². The number of aromatic nitrogens is 1. The van der Waals surface area contributed by atoms with Crippen LogP contribution in [0.15, 0.2) is 18.2 Å². The zero-order valence-corrected chi connectivity index (χ0v) is 10.3. The Balaban J connectivity index is 2.92. The summed E-state index contributed by atoms with van der Waals surface area (Å²) in [5, 5.41) is 0. The Kier molecular flexibility index (Phi) is 4.90. The van der Waals surface area contributed by atoms with Crippen molar-refractivity contribution < 1.29 is 14.3 Å². The van der Waals surface area contributed by atoms with Gasteiger partial charge in [-0.1, -0.05) is 6.07 Å². The first-order valence-corrected chi connectivity index (χ1v) is 5.50. The van der Waals surface area contributed by atoms with Gasteiger partial charge >= 0.3 is 5.97 Å². The molecule has 0 saturated carbocycles. The van der Waals surface area contributed by atoms with Crippen LogP contribution in [0.2, 0.25) is 0 Å². The molecule has 0 spiro atoms. The van der Waals surface area contributed by atoms with Crippen LogP contribution in [0.5, 0.6) is 5.88 Å². The molecule has 0 bridgehead atoms. The number of nitrogens with two attached hydrogens (primary N) is 1. The minimum absolute atomic E-state index is 0.0344. The van der Waals surface area contributed by atoms with E-state index >= 15 is 0 Å². The molecule has 0 aliphatic carbocycles. The van der Waals surface area contributed by atoms with Gasteiger partial charge in [0.05, 0.1) is 18.9 Å². The zero-order chi connectivity index (χ0) is 12.8. The van der Waals surface area contributed by atoms with Crippen molar-refractivity contribution >= 4 is 5.97 Å². The minimum atomic E-state index is -0.546. The smallest absolute Gasteiger partial charge is 0.316 e. The summed E-state index contributed by atoms with van der Waals surface area (Å²) in [5.74, 6) is -0.447. The van der Waals surface area contributed by atoms with Crippen molar-refractivity contribution in [2.24, 2.45) is 5.73 Å². The average molecular weight is 238 g/mol. The van der Waals surface area contributed by atoms with Gasteiger partial charge in [-0.25, -0.2) is 4.98 Å². The Morgan fingerprint density at radius 2 is 2.18 bits per heavy atom. The molecule has 0 aliphatic rings. The average Bonchev–Trinajstić information content (AvgIpc) is 2.29. The molecule has 5 heteroatoms. The molecule has 5 nitrogen and oxygen atoms in total. The highest BCUT2D eigenvalue weighted by Crippen LogP contribution is 2.17. The molecule has 0 aliphatic heterocycles. The Bertz CT molecular complexity index is 380. The van der Waals surface area contributed by atoms with Crippen molar-refractivity contribution in [1.29, 1.82) is 0 Å². The van der Waals surface area contributed by atoms with Crippen molar-refractivity contribution in [3.8, 4) is 5.88 Å². The first-order chi connectivity index (χ1) is 8.08. The molecule has 0 radical (unpaired) electrons. The van der Waals surface area contributed by atoms with Crippen molar-refractivity contribution in [3.63, 3.8) is 0 Å². The van der Waals surface area contributed by atoms with Crippen LogP contribution in [0.3, 0.4) is 0 Å². The fraction of sp³-hybridized carbons (Fsp3) is 0.500. The number of ether oxygens (including phenoxy) is 2. The van der Waals surface area contributed by atoms with Gasteiger partial charge in [0, 0.05) is 12.6 Å². The summed E-state index contributed by atoms with van der Waals surface area (Å²) in [6.07, 6.45) is 0.0344. The molecule has 2 N–H and O–H groups in total. The SMILES string of the molecule is COC(=O)C(CN)c1cccc(OC(C)C)n1. The van der Waals surface area contributed by atoms with Crippen LogP contribution in [-0.4, -0.2) is 30.7 Å². The fourth-order valence-corrected chi connectivity index (χ4v) is 1.41. The molecule has 0 amide bonds. The van der Waals surface area contributed by atoms with Gasteiger partial charge in [0.25, 0.3) is 0 Å². The second-order valence-electron chi connectivity index (χ2n) is 3.88. The Morgan fingerprint density at radius 1 is 1.47 bits per heavy atom. The lowest BCUT2D eigenvalue weighted by molar-refractivity contribution is -0.142. The maximum atomic E-state index is 11.5. The van der Waals surface area contributed by atoms with Crippen LogP contribution < -0.4 is 10.5 Å². The number of hydrogen-bond acceptors (Lipinski definition) is 5. The fourth-order valence-electron chi connectivity index (χ4n) is 1.41. The molecule has 94 valence electrons. The molecule has 0 fully saturated rings. The van der Waals surface area contributed by atoms with Crippen LogP contribution in [-0.2, 0) is 9.53 Å². The van der Waals surface area contributed by atoms with Gasteiger partial charge in [0.15, 0.2) is 0 Å². The zero-order valence-electron chi connectivity index (χ0n) is 10.3. The highest BCUT2D eigenvalue weighted by molar-refractivity contribution is 5.77. The van der Waals surface area contributed by atoms with Gasteiger partial charge in [0.1, 0.15) is 5.92 Å². The number of hydrogen-bond donors (Lipinski definition) is 1. The predicted octanol–water partition coefficient (Wildman–Crippen LogP) is 1.08. The van der Waals surface area contributed by atoms with Crippen LogP contribution in [0, 0.1) is 0 Å². The second-order valence-corrected chi connectivity index (χ2v) is 3.88. The number of nitrogens with zero attached hydrogens (tertiary/aromatic N) is 1. The van der Waals surface area contributed by atoms with E-state index < -0.39 is 5.92 Å². The number of carbonyl (C=O) groups is 1. The van der Waals surface area contributed by atoms with E-state index in [4.69, 9.17) is 10.5 Å². The van der Waals surface area contributed by atoms with Crippen LogP contribution in [0.1, 0.15) is 25.5 Å². The molecule has 1 heterocycles. The van der Waals surface area contributed by atoms with Crippen molar-refractivity contribution in [2.75, 3.05) is 13.7 Å². The molecule has 0 aromatic carbocycles. The van der Waals surface area contributed by atoms with E-state index in [2.05, 4.69) is 9.72 Å². The third kappa shape index (κ3) is 3.71. The van der Waals surface area contributed by atoms with Gasteiger partial charge in [-0.2, -0.15) is 0 Å². The molecular formula is C12H18N2O3. The lowest BCUT2D eigenvalue weighted by Gasteiger charge is -2.14. The molecule has 17 heavy (non-hydrogen) atoms. The van der Waals surface area contributed by atoms with Crippen LogP contribution in [0.25, 0.3) is 0 Å². The number of pyridine rings is 1. The molecule has 0 saturated heterocycles. The second kappa shape index (κ2) is 6.20. The Hall–Kier alpha value is -1.62.